The Morgan fingerprint density at radius 1 is 1.00 bits per heavy atom. The first-order chi connectivity index (χ1) is 6.08. The summed E-state index contributed by atoms with van der Waals surface area (Å²) in [5, 5.41) is 3.41. The van der Waals surface area contributed by atoms with Crippen LogP contribution >= 0.6 is 0 Å². The molecule has 0 aliphatic carbocycles. The van der Waals surface area contributed by atoms with Crippen molar-refractivity contribution >= 4 is 0 Å². The van der Waals surface area contributed by atoms with Gasteiger partial charge in [-0.05, 0) is 0 Å². The maximum absolute atomic E-state index is 5.27. The van der Waals surface area contributed by atoms with Crippen molar-refractivity contribution in [2.45, 2.75) is 13.8 Å². The minimum atomic E-state index is 0.192. The lowest BCUT2D eigenvalue weighted by Gasteiger charge is -2.39. The first kappa shape index (κ1) is 11.0. The van der Waals surface area contributed by atoms with Crippen LogP contribution in [0.15, 0.2) is 0 Å². The van der Waals surface area contributed by atoms with Crippen molar-refractivity contribution < 1.29 is 9.47 Å². The SMILES string of the molecule is COC[C@]1(C)CNC[C@]1(C)COC. The Morgan fingerprint density at radius 3 is 1.69 bits per heavy atom. The van der Waals surface area contributed by atoms with Crippen LogP contribution < -0.4 is 5.32 Å². The van der Waals surface area contributed by atoms with E-state index in [9.17, 15) is 0 Å². The molecule has 1 saturated heterocycles. The third-order valence-electron chi connectivity index (χ3n) is 3.41. The molecule has 0 saturated carbocycles. The second-order valence-electron chi connectivity index (χ2n) is 4.59. The zero-order valence-corrected chi connectivity index (χ0v) is 9.14. The van der Waals surface area contributed by atoms with E-state index in [2.05, 4.69) is 19.2 Å². The highest BCUT2D eigenvalue weighted by Gasteiger charge is 2.48. The molecular formula is C10H21NO2. The van der Waals surface area contributed by atoms with Gasteiger partial charge in [-0.2, -0.15) is 0 Å². The van der Waals surface area contributed by atoms with E-state index in [0.29, 0.717) is 0 Å². The second-order valence-corrected chi connectivity index (χ2v) is 4.59. The summed E-state index contributed by atoms with van der Waals surface area (Å²) in [7, 11) is 3.52. The van der Waals surface area contributed by atoms with E-state index in [-0.39, 0.29) is 10.8 Å². The zero-order chi connectivity index (χ0) is 9.95. The van der Waals surface area contributed by atoms with E-state index in [4.69, 9.17) is 9.47 Å². The topological polar surface area (TPSA) is 30.5 Å². The van der Waals surface area contributed by atoms with Crippen LogP contribution in [0.4, 0.5) is 0 Å². The van der Waals surface area contributed by atoms with Gasteiger partial charge in [-0.25, -0.2) is 0 Å². The van der Waals surface area contributed by atoms with Gasteiger partial charge in [0.25, 0.3) is 0 Å². The van der Waals surface area contributed by atoms with Crippen LogP contribution in [0.2, 0.25) is 0 Å². The van der Waals surface area contributed by atoms with Crippen LogP contribution in [-0.4, -0.2) is 40.5 Å². The maximum Gasteiger partial charge on any atom is 0.0534 e. The first-order valence-electron chi connectivity index (χ1n) is 4.77. The van der Waals surface area contributed by atoms with Crippen molar-refractivity contribution in [1.29, 1.82) is 0 Å². The quantitative estimate of drug-likeness (QED) is 0.709. The molecule has 1 N–H and O–H groups in total. The number of rotatable bonds is 4. The van der Waals surface area contributed by atoms with Gasteiger partial charge in [0.15, 0.2) is 0 Å². The third-order valence-corrected chi connectivity index (χ3v) is 3.41. The van der Waals surface area contributed by atoms with Gasteiger partial charge in [0.2, 0.25) is 0 Å². The average molecular weight is 187 g/mol. The number of hydrogen-bond acceptors (Lipinski definition) is 3. The Hall–Kier alpha value is -0.120. The number of ether oxygens (including phenoxy) is 2. The van der Waals surface area contributed by atoms with Crippen LogP contribution in [-0.2, 0) is 9.47 Å². The fourth-order valence-electron chi connectivity index (χ4n) is 2.13. The van der Waals surface area contributed by atoms with Crippen LogP contribution in [0.5, 0.6) is 0 Å². The minimum Gasteiger partial charge on any atom is -0.384 e. The molecule has 0 amide bonds. The Kier molecular flexibility index (Phi) is 3.33. The van der Waals surface area contributed by atoms with Crippen molar-refractivity contribution in [2.75, 3.05) is 40.5 Å². The summed E-state index contributed by atoms with van der Waals surface area (Å²) >= 11 is 0. The van der Waals surface area contributed by atoms with Gasteiger partial charge in [-0.15, -0.1) is 0 Å². The van der Waals surface area contributed by atoms with E-state index in [0.717, 1.165) is 26.3 Å². The number of hydrogen-bond donors (Lipinski definition) is 1. The Balaban J connectivity index is 2.71. The summed E-state index contributed by atoms with van der Waals surface area (Å²) in [4.78, 5) is 0. The van der Waals surface area contributed by atoms with Crippen molar-refractivity contribution in [3.63, 3.8) is 0 Å². The second kappa shape index (κ2) is 3.95. The van der Waals surface area contributed by atoms with Gasteiger partial charge in [0, 0.05) is 38.1 Å². The summed E-state index contributed by atoms with van der Waals surface area (Å²) in [6.45, 7) is 8.13. The Morgan fingerprint density at radius 2 is 1.38 bits per heavy atom. The molecule has 0 aromatic heterocycles. The summed E-state index contributed by atoms with van der Waals surface area (Å²) in [5.41, 5.74) is 0.384. The molecule has 0 bridgehead atoms. The molecule has 0 aromatic carbocycles. The molecule has 2 atom stereocenters. The molecule has 1 fully saturated rings. The van der Waals surface area contributed by atoms with Gasteiger partial charge in [0.05, 0.1) is 13.2 Å². The zero-order valence-electron chi connectivity index (χ0n) is 9.14. The maximum atomic E-state index is 5.27. The highest BCUT2D eigenvalue weighted by Crippen LogP contribution is 2.42. The van der Waals surface area contributed by atoms with Crippen LogP contribution in [0.3, 0.4) is 0 Å². The van der Waals surface area contributed by atoms with Gasteiger partial charge < -0.3 is 14.8 Å². The Bertz CT molecular complexity index is 156. The molecule has 1 heterocycles. The fourth-order valence-corrected chi connectivity index (χ4v) is 2.13. The molecule has 0 aromatic rings. The van der Waals surface area contributed by atoms with Crippen molar-refractivity contribution in [1.82, 2.24) is 5.32 Å². The summed E-state index contributed by atoms with van der Waals surface area (Å²) in [6, 6.07) is 0. The van der Waals surface area contributed by atoms with Gasteiger partial charge in [-0.1, -0.05) is 13.8 Å². The van der Waals surface area contributed by atoms with Crippen molar-refractivity contribution in [3.8, 4) is 0 Å². The Labute approximate surface area is 80.8 Å². The van der Waals surface area contributed by atoms with Crippen LogP contribution in [0.1, 0.15) is 13.8 Å². The highest BCUT2D eigenvalue weighted by molar-refractivity contribution is 5.00. The molecule has 13 heavy (non-hydrogen) atoms. The molecule has 1 aliphatic heterocycles. The van der Waals surface area contributed by atoms with E-state index in [1.54, 1.807) is 14.2 Å². The molecule has 0 spiro atoms. The van der Waals surface area contributed by atoms with Gasteiger partial charge in [-0.3, -0.25) is 0 Å². The predicted molar refractivity (Wildman–Crippen MR) is 52.8 cm³/mol. The lowest BCUT2D eigenvalue weighted by atomic mass is 9.69. The molecule has 3 heteroatoms. The van der Waals surface area contributed by atoms with E-state index in [1.165, 1.54) is 0 Å². The molecule has 1 aliphatic rings. The molecule has 1 rings (SSSR count). The lowest BCUT2D eigenvalue weighted by Crippen LogP contribution is -2.43. The molecule has 0 radical (unpaired) electrons. The average Bonchev–Trinajstić information content (AvgIpc) is 2.30. The third kappa shape index (κ3) is 1.87. The highest BCUT2D eigenvalue weighted by atomic mass is 16.5. The van der Waals surface area contributed by atoms with E-state index >= 15 is 0 Å². The van der Waals surface area contributed by atoms with Gasteiger partial charge >= 0.3 is 0 Å². The minimum absolute atomic E-state index is 0.192. The standard InChI is InChI=1S/C10H21NO2/c1-9(7-12-3)5-11-6-10(9,2)8-13-4/h11H,5-8H2,1-4H3/t9-,10+. The fraction of sp³-hybridized carbons (Fsp3) is 1.00. The van der Waals surface area contributed by atoms with E-state index < -0.39 is 0 Å². The van der Waals surface area contributed by atoms with Crippen molar-refractivity contribution in [3.05, 3.63) is 0 Å². The number of nitrogens with one attached hydrogen (secondary N) is 1. The smallest absolute Gasteiger partial charge is 0.0534 e. The summed E-state index contributed by atoms with van der Waals surface area (Å²) in [6.07, 6.45) is 0. The van der Waals surface area contributed by atoms with Crippen LogP contribution in [0, 0.1) is 10.8 Å². The molecule has 3 nitrogen and oxygen atoms in total. The molecule has 0 unspecified atom stereocenters. The molecular weight excluding hydrogens is 166 g/mol. The van der Waals surface area contributed by atoms with Gasteiger partial charge in [0.1, 0.15) is 0 Å². The van der Waals surface area contributed by atoms with Crippen molar-refractivity contribution in [2.24, 2.45) is 10.8 Å². The molecule has 78 valence electrons. The largest absolute Gasteiger partial charge is 0.384 e. The number of methoxy groups -OCH3 is 2. The summed E-state index contributed by atoms with van der Waals surface area (Å²) in [5.74, 6) is 0. The monoisotopic (exact) mass is 187 g/mol. The first-order valence-corrected chi connectivity index (χ1v) is 4.77. The summed E-state index contributed by atoms with van der Waals surface area (Å²) < 4.78 is 10.5. The van der Waals surface area contributed by atoms with Crippen LogP contribution in [0.25, 0.3) is 0 Å². The predicted octanol–water partition coefficient (Wildman–Crippen LogP) is 0.895. The van der Waals surface area contributed by atoms with E-state index in [1.807, 2.05) is 0 Å². The normalized spacial score (nSPS) is 39.7. The lowest BCUT2D eigenvalue weighted by molar-refractivity contribution is -0.0201.